The van der Waals surface area contributed by atoms with Crippen LogP contribution in [0.2, 0.25) is 0 Å². The molecule has 0 fully saturated rings. The molecule has 1 amide bonds. The number of amides is 1. The van der Waals surface area contributed by atoms with Crippen LogP contribution >= 0.6 is 0 Å². The zero-order valence-electron chi connectivity index (χ0n) is 23.8. The number of rotatable bonds is 12. The molecular formula is C31H34N4O6. The van der Waals surface area contributed by atoms with Gasteiger partial charge in [0, 0.05) is 11.1 Å². The molecule has 0 aliphatic heterocycles. The number of hydrogen-bond donors (Lipinski definition) is 2. The van der Waals surface area contributed by atoms with Crippen molar-refractivity contribution in [2.24, 2.45) is 5.10 Å². The van der Waals surface area contributed by atoms with Crippen molar-refractivity contribution in [3.8, 4) is 39.9 Å². The average Bonchev–Trinajstić information content (AvgIpc) is 3.34. The Balaban J connectivity index is 1.72. The molecule has 214 valence electrons. The Morgan fingerprint density at radius 3 is 2.07 bits per heavy atom. The molecule has 10 heteroatoms. The normalized spacial score (nSPS) is 11.2. The van der Waals surface area contributed by atoms with E-state index in [1.807, 2.05) is 51.1 Å². The van der Waals surface area contributed by atoms with Crippen LogP contribution in [0.25, 0.3) is 16.9 Å². The second kappa shape index (κ2) is 13.4. The molecule has 0 aliphatic carbocycles. The summed E-state index contributed by atoms with van der Waals surface area (Å²) in [6, 6.07) is 19.7. The lowest BCUT2D eigenvalue weighted by Crippen LogP contribution is -2.23. The Hall–Kier alpha value is -4.99. The van der Waals surface area contributed by atoms with Gasteiger partial charge in [-0.15, -0.1) is 0 Å². The maximum absolute atomic E-state index is 13.7. The van der Waals surface area contributed by atoms with Gasteiger partial charge in [-0.2, -0.15) is 5.10 Å². The lowest BCUT2D eigenvalue weighted by atomic mass is 10.1. The van der Waals surface area contributed by atoms with Gasteiger partial charge in [-0.25, -0.2) is 10.1 Å². The smallest absolute Gasteiger partial charge is 0.281 e. The van der Waals surface area contributed by atoms with Gasteiger partial charge in [-0.3, -0.25) is 14.7 Å². The average molecular weight is 559 g/mol. The van der Waals surface area contributed by atoms with Crippen LogP contribution in [0.1, 0.15) is 43.6 Å². The second-order valence-corrected chi connectivity index (χ2v) is 8.81. The van der Waals surface area contributed by atoms with E-state index in [2.05, 4.69) is 15.6 Å². The number of ether oxygens (including phenoxy) is 4. The third kappa shape index (κ3) is 6.43. The molecule has 0 saturated carbocycles. The van der Waals surface area contributed by atoms with Crippen LogP contribution in [0.15, 0.2) is 76.6 Å². The molecule has 0 aliphatic rings. The van der Waals surface area contributed by atoms with Crippen molar-refractivity contribution < 1.29 is 23.7 Å². The number of hydrazone groups is 1. The summed E-state index contributed by atoms with van der Waals surface area (Å²) >= 11 is 0. The number of hydrogen-bond acceptors (Lipinski definition) is 7. The van der Waals surface area contributed by atoms with E-state index < -0.39 is 5.91 Å². The maximum Gasteiger partial charge on any atom is 0.281 e. The van der Waals surface area contributed by atoms with Crippen LogP contribution in [-0.4, -0.2) is 48.3 Å². The monoisotopic (exact) mass is 558 g/mol. The summed E-state index contributed by atoms with van der Waals surface area (Å²) in [7, 11) is 1.58. The number of benzene rings is 3. The molecule has 0 bridgehead atoms. The summed E-state index contributed by atoms with van der Waals surface area (Å²) in [6.07, 6.45) is 0. The first-order valence-corrected chi connectivity index (χ1v) is 13.4. The standard InChI is InChI=1S/C31H34N4O6/c1-6-39-25-18-22(19-26(40-7-2)29(25)41-8-3)30(36)33-32-20(4)27-28(21-12-10-9-11-13-21)34-35(31(27)37)23-14-16-24(38-5)17-15-23/h9-19,34H,6-8H2,1-5H3,(H,33,36)/b32-20+. The fourth-order valence-corrected chi connectivity index (χ4v) is 4.27. The van der Waals surface area contributed by atoms with Crippen LogP contribution in [0.3, 0.4) is 0 Å². The summed E-state index contributed by atoms with van der Waals surface area (Å²) < 4.78 is 23.9. The quantitative estimate of drug-likeness (QED) is 0.183. The lowest BCUT2D eigenvalue weighted by molar-refractivity contribution is 0.0953. The van der Waals surface area contributed by atoms with Gasteiger partial charge in [0.25, 0.3) is 11.5 Å². The van der Waals surface area contributed by atoms with E-state index in [0.29, 0.717) is 65.5 Å². The molecule has 4 aromatic rings. The number of carbonyl (C=O) groups excluding carboxylic acids is 1. The number of carbonyl (C=O) groups is 1. The van der Waals surface area contributed by atoms with Crippen molar-refractivity contribution in [1.29, 1.82) is 0 Å². The Morgan fingerprint density at radius 2 is 1.51 bits per heavy atom. The Kier molecular flexibility index (Phi) is 9.47. The predicted molar refractivity (Wildman–Crippen MR) is 158 cm³/mol. The number of aromatic nitrogens is 2. The van der Waals surface area contributed by atoms with Gasteiger partial charge in [-0.1, -0.05) is 30.3 Å². The van der Waals surface area contributed by atoms with Crippen LogP contribution in [0.5, 0.6) is 23.0 Å². The fourth-order valence-electron chi connectivity index (χ4n) is 4.27. The zero-order chi connectivity index (χ0) is 29.4. The van der Waals surface area contributed by atoms with E-state index in [0.717, 1.165) is 5.56 Å². The minimum Gasteiger partial charge on any atom is -0.497 e. The zero-order valence-corrected chi connectivity index (χ0v) is 23.8. The SMILES string of the molecule is CCOc1cc(C(=O)N/N=C(\C)c2c(-c3ccccc3)[nH]n(-c3ccc(OC)cc3)c2=O)cc(OCC)c1OCC. The number of H-pyrrole nitrogens is 1. The van der Waals surface area contributed by atoms with E-state index >= 15 is 0 Å². The van der Waals surface area contributed by atoms with Gasteiger partial charge in [0.05, 0.1) is 49.6 Å². The summed E-state index contributed by atoms with van der Waals surface area (Å²) in [5, 5.41) is 7.52. The number of methoxy groups -OCH3 is 1. The molecule has 0 spiro atoms. The summed E-state index contributed by atoms with van der Waals surface area (Å²) in [5.74, 6) is 1.40. The Bertz CT molecular complexity index is 1550. The number of aromatic amines is 1. The summed E-state index contributed by atoms with van der Waals surface area (Å²) in [6.45, 7) is 8.38. The van der Waals surface area contributed by atoms with Crippen molar-refractivity contribution >= 4 is 11.6 Å². The van der Waals surface area contributed by atoms with Gasteiger partial charge in [0.15, 0.2) is 11.5 Å². The first kappa shape index (κ1) is 29.0. The van der Waals surface area contributed by atoms with Crippen LogP contribution < -0.4 is 29.9 Å². The highest BCUT2D eigenvalue weighted by Crippen LogP contribution is 2.39. The fraction of sp³-hybridized carbons (Fsp3) is 0.258. The van der Waals surface area contributed by atoms with E-state index in [4.69, 9.17) is 18.9 Å². The lowest BCUT2D eigenvalue weighted by Gasteiger charge is -2.16. The van der Waals surface area contributed by atoms with Gasteiger partial charge in [-0.05, 0) is 64.1 Å². The minimum atomic E-state index is -0.499. The van der Waals surface area contributed by atoms with E-state index in [1.54, 1.807) is 50.4 Å². The molecule has 0 saturated heterocycles. The van der Waals surface area contributed by atoms with E-state index in [9.17, 15) is 9.59 Å². The molecule has 1 heterocycles. The molecule has 0 atom stereocenters. The van der Waals surface area contributed by atoms with Crippen molar-refractivity contribution in [3.63, 3.8) is 0 Å². The maximum atomic E-state index is 13.7. The predicted octanol–water partition coefficient (Wildman–Crippen LogP) is 5.19. The van der Waals surface area contributed by atoms with Crippen molar-refractivity contribution in [2.45, 2.75) is 27.7 Å². The first-order chi connectivity index (χ1) is 19.9. The number of nitrogens with zero attached hydrogens (tertiary/aromatic N) is 2. The van der Waals surface area contributed by atoms with Gasteiger partial charge < -0.3 is 18.9 Å². The highest BCUT2D eigenvalue weighted by Gasteiger charge is 2.21. The topological polar surface area (TPSA) is 116 Å². The summed E-state index contributed by atoms with van der Waals surface area (Å²) in [5.41, 5.74) is 5.16. The number of nitrogens with one attached hydrogen (secondary N) is 2. The molecule has 1 aromatic heterocycles. The molecule has 3 aromatic carbocycles. The molecule has 4 rings (SSSR count). The highest BCUT2D eigenvalue weighted by molar-refractivity contribution is 6.04. The molecular weight excluding hydrogens is 524 g/mol. The van der Waals surface area contributed by atoms with Gasteiger partial charge >= 0.3 is 0 Å². The van der Waals surface area contributed by atoms with Crippen LogP contribution in [0.4, 0.5) is 0 Å². The van der Waals surface area contributed by atoms with Crippen LogP contribution in [0, 0.1) is 0 Å². The van der Waals surface area contributed by atoms with Crippen molar-refractivity contribution in [3.05, 3.63) is 88.2 Å². The molecule has 2 N–H and O–H groups in total. The Morgan fingerprint density at radius 1 is 0.902 bits per heavy atom. The third-order valence-corrected chi connectivity index (χ3v) is 6.14. The summed E-state index contributed by atoms with van der Waals surface area (Å²) in [4.78, 5) is 26.9. The van der Waals surface area contributed by atoms with Gasteiger partial charge in [0.1, 0.15) is 5.75 Å². The molecule has 41 heavy (non-hydrogen) atoms. The largest absolute Gasteiger partial charge is 0.497 e. The van der Waals surface area contributed by atoms with Crippen molar-refractivity contribution in [1.82, 2.24) is 15.2 Å². The van der Waals surface area contributed by atoms with Crippen molar-refractivity contribution in [2.75, 3.05) is 26.9 Å². The molecule has 0 radical (unpaired) electrons. The first-order valence-electron chi connectivity index (χ1n) is 13.4. The minimum absolute atomic E-state index is 0.268. The highest BCUT2D eigenvalue weighted by atomic mass is 16.5. The van der Waals surface area contributed by atoms with Gasteiger partial charge in [0.2, 0.25) is 5.75 Å². The van der Waals surface area contributed by atoms with E-state index in [-0.39, 0.29) is 11.1 Å². The second-order valence-electron chi connectivity index (χ2n) is 8.81. The molecule has 10 nitrogen and oxygen atoms in total. The van der Waals surface area contributed by atoms with E-state index in [1.165, 1.54) is 4.68 Å². The van der Waals surface area contributed by atoms with Crippen LogP contribution in [-0.2, 0) is 0 Å². The Labute approximate surface area is 238 Å². The third-order valence-electron chi connectivity index (χ3n) is 6.14. The molecule has 0 unspecified atom stereocenters.